The van der Waals surface area contributed by atoms with Gasteiger partial charge in [0, 0.05) is 12.1 Å². The molecule has 90 valence electrons. The molecule has 0 amide bonds. The normalized spacial score (nSPS) is 21.2. The van der Waals surface area contributed by atoms with Gasteiger partial charge in [-0.3, -0.25) is 4.79 Å². The van der Waals surface area contributed by atoms with Crippen LogP contribution in [-0.2, 0) is 10.2 Å². The van der Waals surface area contributed by atoms with Gasteiger partial charge in [0.25, 0.3) is 0 Å². The number of rotatable bonds is 5. The van der Waals surface area contributed by atoms with Crippen LogP contribution in [0, 0.1) is 5.92 Å². The van der Waals surface area contributed by atoms with Crippen molar-refractivity contribution in [1.82, 2.24) is 0 Å². The molecule has 0 heterocycles. The fourth-order valence-corrected chi connectivity index (χ4v) is 2.64. The van der Waals surface area contributed by atoms with Crippen molar-refractivity contribution in [3.8, 4) is 0 Å². The minimum absolute atomic E-state index is 0.136. The second kappa shape index (κ2) is 3.86. The third-order valence-electron chi connectivity index (χ3n) is 4.22. The SMILES string of the molecule is Nc1ccc(C2(C(=O)CCC3CC3)CC2)cc1. The molecule has 2 N–H and O–H groups in total. The lowest BCUT2D eigenvalue weighted by atomic mass is 9.88. The van der Waals surface area contributed by atoms with Gasteiger partial charge in [0.1, 0.15) is 5.78 Å². The van der Waals surface area contributed by atoms with Crippen LogP contribution in [0.25, 0.3) is 0 Å². The molecule has 0 radical (unpaired) electrons. The smallest absolute Gasteiger partial charge is 0.143 e. The molecule has 2 aliphatic rings. The van der Waals surface area contributed by atoms with Gasteiger partial charge in [0.15, 0.2) is 0 Å². The van der Waals surface area contributed by atoms with E-state index in [1.807, 2.05) is 24.3 Å². The second-order valence-corrected chi connectivity index (χ2v) is 5.61. The first-order chi connectivity index (χ1) is 8.21. The second-order valence-electron chi connectivity index (χ2n) is 5.61. The molecule has 0 bridgehead atoms. The molecular weight excluding hydrogens is 210 g/mol. The molecule has 3 rings (SSSR count). The van der Waals surface area contributed by atoms with E-state index in [1.165, 1.54) is 18.4 Å². The molecule has 0 atom stereocenters. The average Bonchev–Trinajstić information content (AvgIpc) is 3.20. The van der Waals surface area contributed by atoms with Crippen molar-refractivity contribution in [2.75, 3.05) is 5.73 Å². The minimum atomic E-state index is -0.136. The van der Waals surface area contributed by atoms with Gasteiger partial charge >= 0.3 is 0 Å². The summed E-state index contributed by atoms with van der Waals surface area (Å²) in [4.78, 5) is 12.3. The van der Waals surface area contributed by atoms with Crippen molar-refractivity contribution in [3.63, 3.8) is 0 Å². The van der Waals surface area contributed by atoms with Gasteiger partial charge in [0.05, 0.1) is 5.41 Å². The highest BCUT2D eigenvalue weighted by Crippen LogP contribution is 2.50. The van der Waals surface area contributed by atoms with Crippen LogP contribution in [-0.4, -0.2) is 5.78 Å². The van der Waals surface area contributed by atoms with E-state index in [0.29, 0.717) is 5.78 Å². The Bertz CT molecular complexity index is 427. The molecule has 0 saturated heterocycles. The number of anilines is 1. The van der Waals surface area contributed by atoms with Gasteiger partial charge in [-0.15, -0.1) is 0 Å². The zero-order chi connectivity index (χ0) is 11.9. The average molecular weight is 229 g/mol. The number of nitrogens with two attached hydrogens (primary N) is 1. The highest BCUT2D eigenvalue weighted by Gasteiger charge is 2.50. The molecule has 0 aliphatic heterocycles. The van der Waals surface area contributed by atoms with Gasteiger partial charge in [-0.25, -0.2) is 0 Å². The van der Waals surface area contributed by atoms with E-state index in [9.17, 15) is 4.79 Å². The molecule has 0 spiro atoms. The van der Waals surface area contributed by atoms with Crippen LogP contribution in [0.2, 0.25) is 0 Å². The Labute approximate surface area is 102 Å². The number of carbonyl (C=O) groups is 1. The standard InChI is InChI=1S/C15H19NO/c16-13-6-4-12(5-7-13)15(9-10-15)14(17)8-3-11-1-2-11/h4-7,11H,1-3,8-10,16H2. The largest absolute Gasteiger partial charge is 0.399 e. The van der Waals surface area contributed by atoms with Crippen LogP contribution in [0.3, 0.4) is 0 Å². The van der Waals surface area contributed by atoms with Crippen LogP contribution in [0.15, 0.2) is 24.3 Å². The summed E-state index contributed by atoms with van der Waals surface area (Å²) in [6.07, 6.45) is 6.61. The summed E-state index contributed by atoms with van der Waals surface area (Å²) in [5.74, 6) is 1.30. The Hall–Kier alpha value is -1.31. The molecule has 1 aromatic carbocycles. The zero-order valence-corrected chi connectivity index (χ0v) is 10.1. The number of benzene rings is 1. The Morgan fingerprint density at radius 3 is 2.41 bits per heavy atom. The molecule has 2 saturated carbocycles. The summed E-state index contributed by atoms with van der Waals surface area (Å²) < 4.78 is 0. The summed E-state index contributed by atoms with van der Waals surface area (Å²) in [6.45, 7) is 0. The van der Waals surface area contributed by atoms with Crippen molar-refractivity contribution < 1.29 is 4.79 Å². The van der Waals surface area contributed by atoms with Crippen LogP contribution >= 0.6 is 0 Å². The number of ketones is 1. The Morgan fingerprint density at radius 1 is 1.24 bits per heavy atom. The van der Waals surface area contributed by atoms with Gasteiger partial charge in [-0.05, 0) is 42.9 Å². The topological polar surface area (TPSA) is 43.1 Å². The highest BCUT2D eigenvalue weighted by molar-refractivity contribution is 5.93. The first kappa shape index (κ1) is 10.8. The van der Waals surface area contributed by atoms with Gasteiger partial charge in [-0.1, -0.05) is 25.0 Å². The van der Waals surface area contributed by atoms with E-state index in [1.54, 1.807) is 0 Å². The van der Waals surface area contributed by atoms with E-state index >= 15 is 0 Å². The quantitative estimate of drug-likeness (QED) is 0.788. The summed E-state index contributed by atoms with van der Waals surface area (Å²) >= 11 is 0. The Morgan fingerprint density at radius 2 is 1.88 bits per heavy atom. The molecule has 2 fully saturated rings. The predicted molar refractivity (Wildman–Crippen MR) is 68.7 cm³/mol. The van der Waals surface area contributed by atoms with E-state index in [2.05, 4.69) is 0 Å². The van der Waals surface area contributed by atoms with Crippen LogP contribution in [0.1, 0.15) is 44.1 Å². The predicted octanol–water partition coefficient (Wildman–Crippen LogP) is 3.06. The lowest BCUT2D eigenvalue weighted by Crippen LogP contribution is -2.20. The van der Waals surface area contributed by atoms with Crippen molar-refractivity contribution >= 4 is 11.5 Å². The Balaban J connectivity index is 1.71. The summed E-state index contributed by atoms with van der Waals surface area (Å²) in [7, 11) is 0. The third-order valence-corrected chi connectivity index (χ3v) is 4.22. The summed E-state index contributed by atoms with van der Waals surface area (Å²) in [5, 5.41) is 0. The molecular formula is C15H19NO. The molecule has 0 unspecified atom stereocenters. The van der Waals surface area contributed by atoms with Crippen LogP contribution in [0.4, 0.5) is 5.69 Å². The molecule has 0 aromatic heterocycles. The van der Waals surface area contributed by atoms with E-state index < -0.39 is 0 Å². The van der Waals surface area contributed by atoms with Crippen molar-refractivity contribution in [3.05, 3.63) is 29.8 Å². The fourth-order valence-electron chi connectivity index (χ4n) is 2.64. The van der Waals surface area contributed by atoms with Crippen molar-refractivity contribution in [2.45, 2.75) is 43.9 Å². The van der Waals surface area contributed by atoms with Crippen LogP contribution in [0.5, 0.6) is 0 Å². The van der Waals surface area contributed by atoms with Gasteiger partial charge in [0.2, 0.25) is 0 Å². The van der Waals surface area contributed by atoms with E-state index in [0.717, 1.165) is 37.3 Å². The first-order valence-electron chi connectivity index (χ1n) is 6.60. The number of nitrogen functional groups attached to an aromatic ring is 1. The zero-order valence-electron chi connectivity index (χ0n) is 10.1. The monoisotopic (exact) mass is 229 g/mol. The number of Topliss-reactive ketones (excluding diaryl/α,β-unsaturated/α-hetero) is 1. The maximum atomic E-state index is 12.3. The molecule has 2 heteroatoms. The minimum Gasteiger partial charge on any atom is -0.399 e. The highest BCUT2D eigenvalue weighted by atomic mass is 16.1. The lowest BCUT2D eigenvalue weighted by molar-refractivity contribution is -0.121. The summed E-state index contributed by atoms with van der Waals surface area (Å²) in [6, 6.07) is 7.86. The maximum Gasteiger partial charge on any atom is 0.143 e. The molecule has 2 nitrogen and oxygen atoms in total. The Kier molecular flexibility index (Phi) is 2.46. The summed E-state index contributed by atoms with van der Waals surface area (Å²) in [5.41, 5.74) is 7.50. The van der Waals surface area contributed by atoms with Gasteiger partial charge in [-0.2, -0.15) is 0 Å². The first-order valence-corrected chi connectivity index (χ1v) is 6.60. The molecule has 17 heavy (non-hydrogen) atoms. The third kappa shape index (κ3) is 2.08. The number of carbonyl (C=O) groups excluding carboxylic acids is 1. The lowest BCUT2D eigenvalue weighted by Gasteiger charge is -2.14. The molecule has 1 aromatic rings. The maximum absolute atomic E-state index is 12.3. The van der Waals surface area contributed by atoms with E-state index in [4.69, 9.17) is 5.73 Å². The fraction of sp³-hybridized carbons (Fsp3) is 0.533. The molecule has 2 aliphatic carbocycles. The van der Waals surface area contributed by atoms with Crippen LogP contribution < -0.4 is 5.73 Å². The van der Waals surface area contributed by atoms with Crippen molar-refractivity contribution in [2.24, 2.45) is 5.92 Å². The number of hydrogen-bond acceptors (Lipinski definition) is 2. The van der Waals surface area contributed by atoms with E-state index in [-0.39, 0.29) is 5.41 Å². The van der Waals surface area contributed by atoms with Gasteiger partial charge < -0.3 is 5.73 Å². The number of hydrogen-bond donors (Lipinski definition) is 1. The van der Waals surface area contributed by atoms with Crippen molar-refractivity contribution in [1.29, 1.82) is 0 Å².